The Balaban J connectivity index is 1.55. The molecule has 0 bridgehead atoms. The van der Waals surface area contributed by atoms with Crippen LogP contribution in [0.25, 0.3) is 0 Å². The van der Waals surface area contributed by atoms with Crippen molar-refractivity contribution in [3.8, 4) is 0 Å². The summed E-state index contributed by atoms with van der Waals surface area (Å²) in [5, 5.41) is 10.9. The Bertz CT molecular complexity index is 459. The fourth-order valence-electron chi connectivity index (χ4n) is 3.13. The summed E-state index contributed by atoms with van der Waals surface area (Å²) in [4.78, 5) is 17.3. The molecule has 0 spiro atoms. The van der Waals surface area contributed by atoms with Crippen LogP contribution in [0.1, 0.15) is 57.1 Å². The molecular formula is C17H27N3O2. The average molecular weight is 305 g/mol. The highest BCUT2D eigenvalue weighted by Gasteiger charge is 2.13. The number of rotatable bonds is 9. The molecular weight excluding hydrogens is 278 g/mol. The standard InChI is InChI=1S/C17H27N3O2/c21-20(22)17-11-9-12-18-16(17)10-5-2-1-3-6-13-19-14-7-4-8-15-19/h9,11-12H,1-8,10,13-15H2. The molecule has 1 aromatic rings. The van der Waals surface area contributed by atoms with Gasteiger partial charge in [-0.15, -0.1) is 0 Å². The van der Waals surface area contributed by atoms with E-state index in [0.717, 1.165) is 12.8 Å². The molecule has 0 atom stereocenters. The number of piperidine rings is 1. The molecule has 1 aliphatic heterocycles. The number of aromatic nitrogens is 1. The molecule has 0 saturated carbocycles. The van der Waals surface area contributed by atoms with Crippen molar-refractivity contribution in [2.45, 2.75) is 57.8 Å². The van der Waals surface area contributed by atoms with Gasteiger partial charge in [-0.1, -0.05) is 25.7 Å². The minimum atomic E-state index is -0.332. The number of pyridine rings is 1. The Morgan fingerprint density at radius 1 is 1.09 bits per heavy atom. The topological polar surface area (TPSA) is 59.3 Å². The van der Waals surface area contributed by atoms with Crippen molar-refractivity contribution in [3.63, 3.8) is 0 Å². The van der Waals surface area contributed by atoms with E-state index in [9.17, 15) is 10.1 Å². The summed E-state index contributed by atoms with van der Waals surface area (Å²) in [5.74, 6) is 0. The summed E-state index contributed by atoms with van der Waals surface area (Å²) in [7, 11) is 0. The van der Waals surface area contributed by atoms with Gasteiger partial charge >= 0.3 is 0 Å². The van der Waals surface area contributed by atoms with E-state index in [-0.39, 0.29) is 10.6 Å². The van der Waals surface area contributed by atoms with Gasteiger partial charge in [0.2, 0.25) is 0 Å². The highest BCUT2D eigenvalue weighted by molar-refractivity contribution is 5.34. The minimum absolute atomic E-state index is 0.160. The summed E-state index contributed by atoms with van der Waals surface area (Å²) in [6, 6.07) is 3.17. The molecule has 1 fully saturated rings. The molecule has 5 nitrogen and oxygen atoms in total. The number of nitro groups is 1. The quantitative estimate of drug-likeness (QED) is 0.393. The highest BCUT2D eigenvalue weighted by Crippen LogP contribution is 2.18. The maximum absolute atomic E-state index is 10.9. The molecule has 5 heteroatoms. The van der Waals surface area contributed by atoms with Crippen LogP contribution in [0.2, 0.25) is 0 Å². The SMILES string of the molecule is O=[N+]([O-])c1cccnc1CCCCCCCN1CCCCC1. The lowest BCUT2D eigenvalue weighted by Gasteiger charge is -2.26. The lowest BCUT2D eigenvalue weighted by Crippen LogP contribution is -2.30. The van der Waals surface area contributed by atoms with Gasteiger partial charge in [0, 0.05) is 12.3 Å². The molecule has 0 unspecified atom stereocenters. The smallest absolute Gasteiger partial charge is 0.290 e. The Hall–Kier alpha value is -1.49. The van der Waals surface area contributed by atoms with Gasteiger partial charge in [0.1, 0.15) is 5.69 Å². The third kappa shape index (κ3) is 5.72. The zero-order valence-electron chi connectivity index (χ0n) is 13.4. The van der Waals surface area contributed by atoms with Crippen molar-refractivity contribution in [1.82, 2.24) is 9.88 Å². The number of hydrogen-bond acceptors (Lipinski definition) is 4. The first kappa shape index (κ1) is 16.9. The first-order chi connectivity index (χ1) is 10.8. The van der Waals surface area contributed by atoms with Crippen molar-refractivity contribution in [3.05, 3.63) is 34.1 Å². The van der Waals surface area contributed by atoms with E-state index in [0.29, 0.717) is 12.1 Å². The average Bonchev–Trinajstić information content (AvgIpc) is 2.55. The van der Waals surface area contributed by atoms with Crippen LogP contribution < -0.4 is 0 Å². The molecule has 0 aliphatic carbocycles. The van der Waals surface area contributed by atoms with Crippen LogP contribution in [0.15, 0.2) is 18.3 Å². The van der Waals surface area contributed by atoms with Crippen molar-refractivity contribution in [1.29, 1.82) is 0 Å². The van der Waals surface area contributed by atoms with E-state index in [1.54, 1.807) is 18.3 Å². The van der Waals surface area contributed by atoms with Gasteiger partial charge in [0.15, 0.2) is 0 Å². The van der Waals surface area contributed by atoms with Crippen LogP contribution in [0.4, 0.5) is 5.69 Å². The highest BCUT2D eigenvalue weighted by atomic mass is 16.6. The Morgan fingerprint density at radius 2 is 1.82 bits per heavy atom. The number of hydrogen-bond donors (Lipinski definition) is 0. The fourth-order valence-corrected chi connectivity index (χ4v) is 3.13. The van der Waals surface area contributed by atoms with Gasteiger partial charge < -0.3 is 4.90 Å². The lowest BCUT2D eigenvalue weighted by molar-refractivity contribution is -0.385. The Morgan fingerprint density at radius 3 is 2.59 bits per heavy atom. The van der Waals surface area contributed by atoms with E-state index in [4.69, 9.17) is 0 Å². The first-order valence-corrected chi connectivity index (χ1v) is 8.58. The van der Waals surface area contributed by atoms with Crippen LogP contribution >= 0.6 is 0 Å². The van der Waals surface area contributed by atoms with Crippen molar-refractivity contribution < 1.29 is 4.92 Å². The monoisotopic (exact) mass is 305 g/mol. The third-order valence-corrected chi connectivity index (χ3v) is 4.40. The first-order valence-electron chi connectivity index (χ1n) is 8.58. The largest absolute Gasteiger partial charge is 0.303 e. The minimum Gasteiger partial charge on any atom is -0.303 e. The van der Waals surface area contributed by atoms with Crippen LogP contribution in [0.5, 0.6) is 0 Å². The molecule has 2 heterocycles. The lowest BCUT2D eigenvalue weighted by atomic mass is 10.1. The summed E-state index contributed by atoms with van der Waals surface area (Å²) < 4.78 is 0. The Kier molecular flexibility index (Phi) is 7.30. The van der Waals surface area contributed by atoms with Crippen LogP contribution in [0.3, 0.4) is 0 Å². The van der Waals surface area contributed by atoms with Crippen LogP contribution in [-0.2, 0) is 6.42 Å². The van der Waals surface area contributed by atoms with Crippen molar-refractivity contribution in [2.75, 3.05) is 19.6 Å². The summed E-state index contributed by atoms with van der Waals surface area (Å²) in [5.41, 5.74) is 0.786. The second-order valence-corrected chi connectivity index (χ2v) is 6.15. The van der Waals surface area contributed by atoms with E-state index < -0.39 is 0 Å². The normalized spacial score (nSPS) is 15.8. The maximum atomic E-state index is 10.9. The van der Waals surface area contributed by atoms with E-state index >= 15 is 0 Å². The van der Waals surface area contributed by atoms with E-state index in [2.05, 4.69) is 9.88 Å². The Labute approximate surface area is 132 Å². The van der Waals surface area contributed by atoms with Gasteiger partial charge in [-0.25, -0.2) is 0 Å². The summed E-state index contributed by atoms with van der Waals surface area (Å²) >= 11 is 0. The summed E-state index contributed by atoms with van der Waals surface area (Å²) in [6.45, 7) is 3.80. The van der Waals surface area contributed by atoms with Gasteiger partial charge in [0.05, 0.1) is 4.92 Å². The molecule has 0 aromatic carbocycles. The molecule has 0 amide bonds. The number of aryl methyl sites for hydroxylation is 1. The second kappa shape index (κ2) is 9.51. The molecule has 1 saturated heterocycles. The van der Waals surface area contributed by atoms with Crippen LogP contribution in [-0.4, -0.2) is 34.4 Å². The maximum Gasteiger partial charge on any atom is 0.290 e. The predicted molar refractivity (Wildman–Crippen MR) is 88.0 cm³/mol. The van der Waals surface area contributed by atoms with Gasteiger partial charge in [-0.05, 0) is 57.8 Å². The molecule has 0 N–H and O–H groups in total. The molecule has 122 valence electrons. The second-order valence-electron chi connectivity index (χ2n) is 6.15. The zero-order chi connectivity index (χ0) is 15.6. The van der Waals surface area contributed by atoms with E-state index in [1.807, 2.05) is 0 Å². The fraction of sp³-hybridized carbons (Fsp3) is 0.706. The number of nitrogens with zero attached hydrogens (tertiary/aromatic N) is 3. The molecule has 0 radical (unpaired) electrons. The number of likely N-dealkylation sites (tertiary alicyclic amines) is 1. The molecule has 1 aromatic heterocycles. The van der Waals surface area contributed by atoms with Gasteiger partial charge in [-0.3, -0.25) is 15.1 Å². The van der Waals surface area contributed by atoms with Crippen LogP contribution in [0, 0.1) is 10.1 Å². The van der Waals surface area contributed by atoms with Crippen molar-refractivity contribution in [2.24, 2.45) is 0 Å². The van der Waals surface area contributed by atoms with Gasteiger partial charge in [-0.2, -0.15) is 0 Å². The predicted octanol–water partition coefficient (Wildman–Crippen LogP) is 3.97. The summed E-state index contributed by atoms with van der Waals surface area (Å²) in [6.07, 6.45) is 12.4. The zero-order valence-corrected chi connectivity index (χ0v) is 13.4. The molecule has 2 rings (SSSR count). The molecule has 1 aliphatic rings. The van der Waals surface area contributed by atoms with E-state index in [1.165, 1.54) is 58.2 Å². The third-order valence-electron chi connectivity index (χ3n) is 4.40. The van der Waals surface area contributed by atoms with Gasteiger partial charge in [0.25, 0.3) is 5.69 Å². The van der Waals surface area contributed by atoms with Crippen molar-refractivity contribution >= 4 is 5.69 Å². The molecule has 22 heavy (non-hydrogen) atoms. The number of unbranched alkanes of at least 4 members (excludes halogenated alkanes) is 4.